The van der Waals surface area contributed by atoms with Crippen molar-refractivity contribution in [1.29, 1.82) is 0 Å². The fourth-order valence-corrected chi connectivity index (χ4v) is 1.79. The second-order valence-corrected chi connectivity index (χ2v) is 5.66. The Labute approximate surface area is 103 Å². The maximum atomic E-state index is 5.33. The van der Waals surface area contributed by atoms with Gasteiger partial charge in [-0.05, 0) is 17.4 Å². The van der Waals surface area contributed by atoms with Crippen LogP contribution < -0.4 is 5.32 Å². The second kappa shape index (κ2) is 5.00. The summed E-state index contributed by atoms with van der Waals surface area (Å²) in [6, 6.07) is 0. The zero-order valence-corrected chi connectivity index (χ0v) is 10.9. The van der Waals surface area contributed by atoms with Gasteiger partial charge in [-0.25, -0.2) is 9.97 Å². The number of hydrogen-bond acceptors (Lipinski definition) is 4. The molecule has 1 saturated heterocycles. The molecule has 1 unspecified atom stereocenters. The van der Waals surface area contributed by atoms with E-state index in [1.165, 1.54) is 0 Å². The molecule has 1 N–H and O–H groups in total. The number of nitrogens with zero attached hydrogens (tertiary/aromatic N) is 2. The van der Waals surface area contributed by atoms with Gasteiger partial charge in [0.1, 0.15) is 0 Å². The molecular weight excluding hydrogens is 214 g/mol. The van der Waals surface area contributed by atoms with Crippen LogP contribution in [0.2, 0.25) is 0 Å². The predicted octanol–water partition coefficient (Wildman–Crippen LogP) is 2.22. The lowest BCUT2D eigenvalue weighted by molar-refractivity contribution is 0.187. The molecule has 0 spiro atoms. The lowest BCUT2D eigenvalue weighted by Gasteiger charge is -2.18. The molecule has 0 bridgehead atoms. The Hall–Kier alpha value is -1.16. The zero-order valence-electron chi connectivity index (χ0n) is 10.9. The molecule has 0 aromatic carbocycles. The fourth-order valence-electron chi connectivity index (χ4n) is 1.79. The molecule has 2 rings (SSSR count). The van der Waals surface area contributed by atoms with Crippen LogP contribution >= 0.6 is 0 Å². The Balaban J connectivity index is 1.89. The first-order valence-electron chi connectivity index (χ1n) is 6.20. The SMILES string of the molecule is CC(C)(C)c1cnc(NCC2CCOC2)nc1. The molecular formula is C13H21N3O. The lowest BCUT2D eigenvalue weighted by atomic mass is 9.89. The third-order valence-corrected chi connectivity index (χ3v) is 3.09. The van der Waals surface area contributed by atoms with Crippen LogP contribution in [0.4, 0.5) is 5.95 Å². The maximum absolute atomic E-state index is 5.33. The van der Waals surface area contributed by atoms with Gasteiger partial charge < -0.3 is 10.1 Å². The Morgan fingerprint density at radius 3 is 2.59 bits per heavy atom. The van der Waals surface area contributed by atoms with Crippen LogP contribution in [0, 0.1) is 5.92 Å². The molecule has 1 atom stereocenters. The van der Waals surface area contributed by atoms with Crippen LogP contribution in [-0.2, 0) is 10.2 Å². The zero-order chi connectivity index (χ0) is 12.3. The van der Waals surface area contributed by atoms with Gasteiger partial charge in [-0.3, -0.25) is 0 Å². The predicted molar refractivity (Wildman–Crippen MR) is 68.1 cm³/mol. The Kier molecular flexibility index (Phi) is 3.62. The molecule has 0 radical (unpaired) electrons. The van der Waals surface area contributed by atoms with Crippen LogP contribution in [0.3, 0.4) is 0 Å². The van der Waals surface area contributed by atoms with Crippen molar-refractivity contribution < 1.29 is 4.74 Å². The van der Waals surface area contributed by atoms with Crippen molar-refractivity contribution in [1.82, 2.24) is 9.97 Å². The number of aromatic nitrogens is 2. The highest BCUT2D eigenvalue weighted by Gasteiger charge is 2.16. The van der Waals surface area contributed by atoms with E-state index in [9.17, 15) is 0 Å². The van der Waals surface area contributed by atoms with Crippen molar-refractivity contribution in [3.63, 3.8) is 0 Å². The van der Waals surface area contributed by atoms with Gasteiger partial charge in [0.2, 0.25) is 5.95 Å². The number of rotatable bonds is 3. The van der Waals surface area contributed by atoms with Crippen LogP contribution in [0.15, 0.2) is 12.4 Å². The van der Waals surface area contributed by atoms with Gasteiger partial charge in [0, 0.05) is 31.5 Å². The van der Waals surface area contributed by atoms with Crippen molar-refractivity contribution in [2.75, 3.05) is 25.1 Å². The monoisotopic (exact) mass is 235 g/mol. The quantitative estimate of drug-likeness (QED) is 0.872. The molecule has 1 aliphatic rings. The van der Waals surface area contributed by atoms with Gasteiger partial charge >= 0.3 is 0 Å². The van der Waals surface area contributed by atoms with Crippen molar-refractivity contribution >= 4 is 5.95 Å². The van der Waals surface area contributed by atoms with E-state index in [-0.39, 0.29) is 5.41 Å². The summed E-state index contributed by atoms with van der Waals surface area (Å²) < 4.78 is 5.33. The Morgan fingerprint density at radius 1 is 1.35 bits per heavy atom. The number of hydrogen-bond donors (Lipinski definition) is 1. The normalized spacial score (nSPS) is 20.5. The van der Waals surface area contributed by atoms with Crippen molar-refractivity contribution in [2.24, 2.45) is 5.92 Å². The van der Waals surface area contributed by atoms with Crippen LogP contribution in [0.1, 0.15) is 32.8 Å². The highest BCUT2D eigenvalue weighted by atomic mass is 16.5. The molecule has 94 valence electrons. The summed E-state index contributed by atoms with van der Waals surface area (Å²) in [4.78, 5) is 8.69. The van der Waals surface area contributed by atoms with Crippen LogP contribution in [0.25, 0.3) is 0 Å². The van der Waals surface area contributed by atoms with E-state index in [0.29, 0.717) is 11.9 Å². The first kappa shape index (κ1) is 12.3. The third-order valence-electron chi connectivity index (χ3n) is 3.09. The summed E-state index contributed by atoms with van der Waals surface area (Å²) in [6.45, 7) is 9.12. The number of anilines is 1. The van der Waals surface area contributed by atoms with E-state index >= 15 is 0 Å². The topological polar surface area (TPSA) is 47.0 Å². The van der Waals surface area contributed by atoms with Crippen LogP contribution in [-0.4, -0.2) is 29.7 Å². The standard InChI is InChI=1S/C13H21N3O/c1-13(2,3)11-7-15-12(16-8-11)14-6-10-4-5-17-9-10/h7-8,10H,4-6,9H2,1-3H3,(H,14,15,16). The van der Waals surface area contributed by atoms with E-state index in [1.54, 1.807) is 0 Å². The van der Waals surface area contributed by atoms with Gasteiger partial charge in [-0.2, -0.15) is 0 Å². The average molecular weight is 235 g/mol. The Morgan fingerprint density at radius 2 is 2.06 bits per heavy atom. The molecule has 17 heavy (non-hydrogen) atoms. The summed E-state index contributed by atoms with van der Waals surface area (Å²) in [5.74, 6) is 1.31. The van der Waals surface area contributed by atoms with Gasteiger partial charge in [-0.15, -0.1) is 0 Å². The van der Waals surface area contributed by atoms with Crippen molar-refractivity contribution in [3.05, 3.63) is 18.0 Å². The molecule has 1 aromatic rings. The molecule has 0 amide bonds. The smallest absolute Gasteiger partial charge is 0.222 e. The van der Waals surface area contributed by atoms with E-state index in [1.807, 2.05) is 12.4 Å². The number of ether oxygens (including phenoxy) is 1. The third kappa shape index (κ3) is 3.40. The highest BCUT2D eigenvalue weighted by molar-refractivity contribution is 5.27. The summed E-state index contributed by atoms with van der Waals surface area (Å²) in [5, 5.41) is 3.26. The second-order valence-electron chi connectivity index (χ2n) is 5.66. The minimum Gasteiger partial charge on any atom is -0.381 e. The minimum absolute atomic E-state index is 0.109. The molecule has 1 aromatic heterocycles. The van der Waals surface area contributed by atoms with Gasteiger partial charge in [0.15, 0.2) is 0 Å². The van der Waals surface area contributed by atoms with Crippen molar-refractivity contribution in [2.45, 2.75) is 32.6 Å². The van der Waals surface area contributed by atoms with Gasteiger partial charge in [-0.1, -0.05) is 20.8 Å². The lowest BCUT2D eigenvalue weighted by Crippen LogP contribution is -2.17. The first-order valence-corrected chi connectivity index (χ1v) is 6.20. The Bertz CT molecular complexity index is 350. The maximum Gasteiger partial charge on any atom is 0.222 e. The van der Waals surface area contributed by atoms with Crippen molar-refractivity contribution in [3.8, 4) is 0 Å². The fraction of sp³-hybridized carbons (Fsp3) is 0.692. The minimum atomic E-state index is 0.109. The molecule has 4 nitrogen and oxygen atoms in total. The van der Waals surface area contributed by atoms with Gasteiger partial charge in [0.25, 0.3) is 0 Å². The molecule has 4 heteroatoms. The average Bonchev–Trinajstić information content (AvgIpc) is 2.78. The summed E-state index contributed by atoms with van der Waals surface area (Å²) in [6.07, 6.45) is 4.94. The number of nitrogens with one attached hydrogen (secondary N) is 1. The molecule has 1 fully saturated rings. The first-order chi connectivity index (χ1) is 8.05. The van der Waals surface area contributed by atoms with Gasteiger partial charge in [0.05, 0.1) is 6.61 Å². The summed E-state index contributed by atoms with van der Waals surface area (Å²) >= 11 is 0. The van der Waals surface area contributed by atoms with E-state index < -0.39 is 0 Å². The molecule has 1 aliphatic heterocycles. The van der Waals surface area contributed by atoms with E-state index in [0.717, 1.165) is 31.7 Å². The summed E-state index contributed by atoms with van der Waals surface area (Å²) in [7, 11) is 0. The van der Waals surface area contributed by atoms with Crippen LogP contribution in [0.5, 0.6) is 0 Å². The summed E-state index contributed by atoms with van der Waals surface area (Å²) in [5.41, 5.74) is 1.27. The molecule has 0 aliphatic carbocycles. The largest absolute Gasteiger partial charge is 0.381 e. The molecule has 0 saturated carbocycles. The molecule has 2 heterocycles. The van der Waals surface area contributed by atoms with E-state index in [4.69, 9.17) is 4.74 Å². The highest BCUT2D eigenvalue weighted by Crippen LogP contribution is 2.20. The van der Waals surface area contributed by atoms with E-state index in [2.05, 4.69) is 36.1 Å².